The first-order valence-corrected chi connectivity index (χ1v) is 23.8. The second-order valence-corrected chi connectivity index (χ2v) is 18.7. The van der Waals surface area contributed by atoms with E-state index >= 15 is 0 Å². The Labute approximate surface area is 433 Å². The molecule has 0 bridgehead atoms. The van der Waals surface area contributed by atoms with Gasteiger partial charge in [-0.05, 0) is 51.4 Å². The molecule has 7 unspecified atom stereocenters. The summed E-state index contributed by atoms with van der Waals surface area (Å²) < 4.78 is 81.8. The zero-order chi connectivity index (χ0) is 53.6. The molecule has 5 aliphatic rings. The zero-order valence-corrected chi connectivity index (χ0v) is 44.6. The molecule has 391 valence electrons. The van der Waals surface area contributed by atoms with Crippen LogP contribution in [0.3, 0.4) is 0 Å². The van der Waals surface area contributed by atoms with Gasteiger partial charge in [0.25, 0.3) is 0 Å². The van der Waals surface area contributed by atoms with Gasteiger partial charge < -0.3 is 79.1 Å². The number of ether oxygens (including phenoxy) is 5. The molecule has 29 nitrogen and oxygen atoms in total. The Hall–Kier alpha value is 0.381. The molecule has 5 heterocycles. The van der Waals surface area contributed by atoms with Gasteiger partial charge in [0.05, 0.1) is 49.8 Å². The number of halogens is 1. The van der Waals surface area contributed by atoms with Crippen LogP contribution in [0.2, 0.25) is 0 Å². The molecule has 17 atom stereocenters. The maximum Gasteiger partial charge on any atom is 0.538 e. The van der Waals surface area contributed by atoms with Crippen molar-refractivity contribution in [3.8, 4) is 0 Å². The van der Waals surface area contributed by atoms with Crippen LogP contribution in [0.15, 0.2) is 5.16 Å². The second kappa shape index (κ2) is 38.9. The van der Waals surface area contributed by atoms with E-state index in [9.17, 15) is 23.6 Å². The molecule has 38 heteroatoms. The van der Waals surface area contributed by atoms with Gasteiger partial charge in [-0.15, -0.1) is 5.16 Å². The predicted molar refractivity (Wildman–Crippen MR) is 226 cm³/mol. The molecule has 0 aromatic heterocycles. The third-order valence-corrected chi connectivity index (χ3v) is 12.5. The van der Waals surface area contributed by atoms with Crippen molar-refractivity contribution in [3.63, 3.8) is 0 Å². The van der Waals surface area contributed by atoms with Crippen LogP contribution in [0.1, 0.15) is 61.2 Å². The number of aliphatic hydroxyl groups excluding tert-OH is 5. The second-order valence-electron chi connectivity index (χ2n) is 14.4. The van der Waals surface area contributed by atoms with E-state index < -0.39 is 84.2 Å². The van der Waals surface area contributed by atoms with Crippen LogP contribution in [0.25, 0.3) is 0 Å². The molecule has 0 aliphatic carbocycles. The van der Waals surface area contributed by atoms with Crippen molar-refractivity contribution < 1.29 is 187 Å². The van der Waals surface area contributed by atoms with Gasteiger partial charge in [0.15, 0.2) is 6.10 Å². The maximum atomic E-state index is 11.5. The van der Waals surface area contributed by atoms with Crippen molar-refractivity contribution in [1.82, 2.24) is 0 Å². The van der Waals surface area contributed by atoms with Gasteiger partial charge in [0.2, 0.25) is 1.43 Å². The first kappa shape index (κ1) is 72.6. The normalized spacial score (nSPS) is 34.3. The van der Waals surface area contributed by atoms with Crippen LogP contribution in [-0.4, -0.2) is 221 Å². The Bertz CT molecular complexity index is 1450. The van der Waals surface area contributed by atoms with Gasteiger partial charge in [-0.3, -0.25) is 15.4 Å². The molecule has 9 radical (unpaired) electrons. The van der Waals surface area contributed by atoms with E-state index in [1.807, 2.05) is 13.8 Å². The summed E-state index contributed by atoms with van der Waals surface area (Å²) in [6.07, 6.45) is -1.88. The van der Waals surface area contributed by atoms with Crippen LogP contribution in [-0.2, 0) is 65.1 Å². The third kappa shape index (κ3) is 33.2. The molecule has 0 aromatic carbocycles. The molecular weight excluding hydrogens is 1200 g/mol. The average Bonchev–Trinajstić information content (AvgIpc) is 4.03. The van der Waals surface area contributed by atoms with Gasteiger partial charge in [-0.25, -0.2) is 33.6 Å². The van der Waals surface area contributed by atoms with Crippen molar-refractivity contribution in [1.29, 1.82) is 0 Å². The van der Waals surface area contributed by atoms with Crippen LogP contribution in [0.5, 0.6) is 0 Å². The Kier molecular flexibility index (Phi) is 41.5. The maximum absolute atomic E-state index is 11.5. The molecule has 0 saturated carbocycles. The molecule has 0 spiro atoms. The largest absolute Gasteiger partial charge is 0.538 e. The SMILES string of the molecule is C/C=N/O.C[C@H]1CC(O)[C@@H](C(=O)OP(=O)(O)OP(=O)(O)OP(=O)(O)O)O1.OF.[3H]O.[Ac].[B][C@H]1CC(C)[C@@H](CO)O1.[B][C@H]1CC(C)[C@@H](COO)O1.[B][C@H]1CC(O)[C@@H](CO)O1.[B][C@H]1CC(O)[C@@H](COO)O1. The fourth-order valence-electron chi connectivity index (χ4n) is 5.81. The number of hydrogen-bond acceptors (Lipinski definition) is 24. The van der Waals surface area contributed by atoms with Gasteiger partial charge in [0.1, 0.15) is 56.8 Å². The number of aliphatic hydroxyl groups is 5. The molecule has 0 amide bonds. The van der Waals surface area contributed by atoms with Crippen LogP contribution in [0, 0.1) is 55.9 Å². The first-order valence-electron chi connectivity index (χ1n) is 19.8. The molecule has 68 heavy (non-hydrogen) atoms. The van der Waals surface area contributed by atoms with Gasteiger partial charge >= 0.3 is 29.4 Å². The number of nitrogens with zero attached hydrogens (tertiary/aromatic N) is 1. The van der Waals surface area contributed by atoms with E-state index in [0.29, 0.717) is 24.7 Å². The van der Waals surface area contributed by atoms with Crippen LogP contribution in [0.4, 0.5) is 4.53 Å². The number of hydrogen-bond donors (Lipinski definition) is 13. The van der Waals surface area contributed by atoms with E-state index in [1.54, 1.807) is 6.92 Å². The fourth-order valence-corrected chi connectivity index (χ4v) is 8.78. The van der Waals surface area contributed by atoms with E-state index in [4.69, 9.17) is 128 Å². The number of carbonyl (C=O) groups is 1. The number of phosphoric acid groups is 3. The van der Waals surface area contributed by atoms with Crippen molar-refractivity contribution in [3.05, 3.63) is 0 Å². The number of carbonyl (C=O) groups excluding carboxylic acids is 1. The molecule has 5 aliphatic heterocycles. The predicted octanol–water partition coefficient (Wildman–Crippen LogP) is -3.06. The monoisotopic (exact) mass is 1270 g/mol. The van der Waals surface area contributed by atoms with E-state index in [1.165, 1.54) is 13.1 Å². The molecule has 5 rings (SSSR count). The smallest absolute Gasteiger partial charge is 0.412 e. The minimum Gasteiger partial charge on any atom is -0.412 e. The minimum absolute atomic E-state index is 0. The zero-order valence-electron chi connectivity index (χ0n) is 38.1. The molecular formula is C30H61AcB4FNO28P3. The van der Waals surface area contributed by atoms with Gasteiger partial charge in [-0.2, -0.15) is 8.62 Å². The Morgan fingerprint density at radius 1 is 0.691 bits per heavy atom. The number of phosphoric ester groups is 1. The average molecular weight is 1270 g/mol. The molecule has 15 N–H and O–H groups in total. The summed E-state index contributed by atoms with van der Waals surface area (Å²) in [4.78, 5) is 53.9. The van der Waals surface area contributed by atoms with Crippen LogP contribution >= 0.6 is 23.5 Å². The third-order valence-electron chi connectivity index (χ3n) is 8.79. The summed E-state index contributed by atoms with van der Waals surface area (Å²) >= 11 is 0. The Morgan fingerprint density at radius 2 is 1.07 bits per heavy atom. The van der Waals surface area contributed by atoms with E-state index in [2.05, 4.69) is 28.1 Å². The summed E-state index contributed by atoms with van der Waals surface area (Å²) in [5, 5.41) is 76.4. The Morgan fingerprint density at radius 3 is 1.35 bits per heavy atom. The topological polar surface area (TPSA) is 467 Å². The summed E-state index contributed by atoms with van der Waals surface area (Å²) in [5.41, 5.74) is 6.25. The first-order chi connectivity index (χ1) is 31.6. The minimum atomic E-state index is -5.71. The number of rotatable bonds is 12. The van der Waals surface area contributed by atoms with Crippen molar-refractivity contribution in [2.45, 2.75) is 139 Å². The molecule has 5 saturated heterocycles. The Balaban J connectivity index is -0.000000384. The van der Waals surface area contributed by atoms with E-state index in [-0.39, 0.29) is 101 Å². The standard InChI is InChI=1S/C6H11BO3.C6H11BO2.C6H13O13P3.C5H9BO4.C5H9BO3.C2H5NO.Ac.FHO.H2O/c1-4-2-6(7)10-5(4)3-9-8;1-4-2-6(7)9-5(4)3-8;1-3-2-4(7)5(16-3)6(8)17-21(12,13)19-22(14,15)18-20(9,10)11;6-5-1-3(7)4(10-5)2-9-8;6-5-1-3(8)4(2-7)9-5;1-2-3-4;;1-2;/h4-6,8H,2-3H2,1H3;4-6,8H,2-3H2,1H3;3-5,7H,2H2,1H3,(H,12,13)(H,14,15)(H2,9,10,11);3-5,7-8H,1-2H2;3-5,7-8H,1-2H2;2,4H,1H3;;2H;1H2/b;;;;;3-2+;;;/t2*4?,5-,6-;3-,4?,5-;2*3?,4-,5-;;;;/m11011..../s1/i/hT. The fraction of sp³-hybridized carbons (Fsp3) is 0.933. The summed E-state index contributed by atoms with van der Waals surface area (Å²) in [7, 11) is 4.76. The van der Waals surface area contributed by atoms with Crippen LogP contribution < -0.4 is 0 Å². The van der Waals surface area contributed by atoms with Crippen molar-refractivity contribution in [2.24, 2.45) is 17.0 Å². The van der Waals surface area contributed by atoms with Gasteiger partial charge in [-0.1, -0.05) is 18.4 Å². The van der Waals surface area contributed by atoms with Gasteiger partial charge in [0, 0.05) is 80.7 Å². The summed E-state index contributed by atoms with van der Waals surface area (Å²) in [6, 6.07) is -1.18. The van der Waals surface area contributed by atoms with Crippen molar-refractivity contribution >= 4 is 67.0 Å². The van der Waals surface area contributed by atoms with E-state index in [0.717, 1.165) is 12.8 Å². The molecule has 5 fully saturated rings. The number of oxime groups is 1. The molecule has 0 aromatic rings. The summed E-state index contributed by atoms with van der Waals surface area (Å²) in [5.74, 6) is -0.786. The van der Waals surface area contributed by atoms with Crippen molar-refractivity contribution in [2.75, 3.05) is 26.4 Å². The summed E-state index contributed by atoms with van der Waals surface area (Å²) in [6.45, 7) is 7.32. The quantitative estimate of drug-likeness (QED) is 0.0230.